The number of fused-ring (bicyclic) bond motifs is 2. The number of para-hydroxylation sites is 1. The molecule has 0 aliphatic carbocycles. The number of carboxylic acids is 2. The second-order valence-corrected chi connectivity index (χ2v) is 13.1. The molecule has 5 amide bonds. The van der Waals surface area contributed by atoms with Crippen LogP contribution in [0.5, 0.6) is 5.75 Å². The molecule has 0 saturated heterocycles. The lowest BCUT2D eigenvalue weighted by molar-refractivity contribution is -0.143. The number of rotatable bonds is 22. The molecule has 0 aliphatic heterocycles. The van der Waals surface area contributed by atoms with Crippen LogP contribution in [0.3, 0.4) is 0 Å². The number of H-pyrrole nitrogens is 2. The van der Waals surface area contributed by atoms with Crippen molar-refractivity contribution < 1.29 is 53.6 Å². The highest BCUT2D eigenvalue weighted by Gasteiger charge is 2.30. The predicted molar refractivity (Wildman–Crippen MR) is 208 cm³/mol. The monoisotopic (exact) mass is 806 g/mol. The van der Waals surface area contributed by atoms with E-state index in [1.54, 1.807) is 54.9 Å². The fraction of sp³-hybridized carbons (Fsp3) is 0.351. The topological polar surface area (TPSA) is 346 Å². The summed E-state index contributed by atoms with van der Waals surface area (Å²) in [5, 5.41) is 42.4. The lowest BCUT2D eigenvalue weighted by atomic mass is 10.0. The molecule has 0 saturated carbocycles. The van der Waals surface area contributed by atoms with Gasteiger partial charge in [-0.2, -0.15) is 0 Å². The number of nitrogens with one attached hydrogen (secondary N) is 7. The number of carboxylic acid groups (broad SMARTS) is 2. The maximum Gasteiger partial charge on any atom is 0.326 e. The molecule has 0 spiro atoms. The minimum Gasteiger partial charge on any atom is -0.497 e. The molecular formula is C37H46N10O11. The van der Waals surface area contributed by atoms with E-state index in [1.807, 2.05) is 0 Å². The number of carbonyl (C=O) groups is 7. The maximum atomic E-state index is 13.3. The van der Waals surface area contributed by atoms with Gasteiger partial charge >= 0.3 is 11.9 Å². The van der Waals surface area contributed by atoms with Gasteiger partial charge in [0.1, 0.15) is 29.9 Å². The van der Waals surface area contributed by atoms with Crippen molar-refractivity contribution in [3.05, 3.63) is 66.0 Å². The van der Waals surface area contributed by atoms with Gasteiger partial charge in [0.25, 0.3) is 0 Å². The number of carbonyl (C=O) groups excluding carboxylic acids is 5. The van der Waals surface area contributed by atoms with E-state index >= 15 is 0 Å². The fourth-order valence-electron chi connectivity index (χ4n) is 6.00. The number of aliphatic hydroxyl groups is 1. The van der Waals surface area contributed by atoms with Gasteiger partial charge in [-0.25, -0.2) is 4.79 Å². The van der Waals surface area contributed by atoms with E-state index < -0.39 is 85.2 Å². The highest BCUT2D eigenvalue weighted by molar-refractivity contribution is 5.97. The van der Waals surface area contributed by atoms with Crippen molar-refractivity contribution in [3.8, 4) is 5.75 Å². The van der Waals surface area contributed by atoms with Crippen LogP contribution in [0.4, 0.5) is 0 Å². The Morgan fingerprint density at radius 1 is 0.776 bits per heavy atom. The quantitative estimate of drug-likeness (QED) is 0.0235. The molecule has 2 heterocycles. The molecule has 4 atom stereocenters. The molecule has 0 fully saturated rings. The van der Waals surface area contributed by atoms with Crippen molar-refractivity contribution in [1.29, 1.82) is 0 Å². The molecule has 0 bridgehead atoms. The van der Waals surface area contributed by atoms with E-state index in [4.69, 9.17) is 16.2 Å². The average molecular weight is 807 g/mol. The summed E-state index contributed by atoms with van der Waals surface area (Å²) in [7, 11) is 1.50. The zero-order valence-corrected chi connectivity index (χ0v) is 31.4. The van der Waals surface area contributed by atoms with Crippen LogP contribution in [0.15, 0.2) is 59.9 Å². The number of guanidine groups is 1. The molecule has 58 heavy (non-hydrogen) atoms. The second kappa shape index (κ2) is 20.7. The van der Waals surface area contributed by atoms with Crippen LogP contribution in [0.25, 0.3) is 21.8 Å². The number of amides is 5. The summed E-state index contributed by atoms with van der Waals surface area (Å²) in [5.41, 5.74) is 13.4. The number of aliphatic hydroxyl groups excluding tert-OH is 1. The Balaban J connectivity index is 1.37. The number of hydrogen-bond donors (Lipinski definition) is 12. The highest BCUT2D eigenvalue weighted by Crippen LogP contribution is 2.24. The third-order valence-electron chi connectivity index (χ3n) is 8.91. The first kappa shape index (κ1) is 43.6. The van der Waals surface area contributed by atoms with Gasteiger partial charge in [-0.15, -0.1) is 0 Å². The summed E-state index contributed by atoms with van der Waals surface area (Å²) in [6, 6.07) is 6.29. The number of hydrogen-bond acceptors (Lipinski definition) is 10. The standard InChI is InChI=1S/C37H46N10O11/c1-58-21-8-9-25-23(13-21)20(16-42-25)12-30(49)45-29(18-48)35(55)46-26(7-4-10-40-37(38)39)33(53)43-17-31(50)44-27(14-32(51)52)34(54)47-28(36(56)57)11-19-15-41-24-6-3-2-5-22(19)24/h2-3,5-6,8-9,13,15-16,26-29,41-42,48H,4,7,10-12,14,17-18H2,1H3,(H,43,53)(H,44,50)(H,45,49)(H,46,55)(H,47,54)(H,51,52)(H,56,57)(H4,38,39,40)/t26-,27-,28-,29-/m0/s1. The first-order valence-electron chi connectivity index (χ1n) is 18.0. The summed E-state index contributed by atoms with van der Waals surface area (Å²) in [6.07, 6.45) is 2.05. The van der Waals surface area contributed by atoms with Gasteiger partial charge in [-0.1, -0.05) is 18.2 Å². The molecule has 4 aromatic rings. The number of aromatic nitrogens is 2. The summed E-state index contributed by atoms with van der Waals surface area (Å²) >= 11 is 0. The van der Waals surface area contributed by atoms with Crippen LogP contribution in [0.1, 0.15) is 30.4 Å². The third-order valence-corrected chi connectivity index (χ3v) is 8.91. The Morgan fingerprint density at radius 2 is 1.43 bits per heavy atom. The van der Waals surface area contributed by atoms with Crippen molar-refractivity contribution in [1.82, 2.24) is 36.6 Å². The van der Waals surface area contributed by atoms with Crippen molar-refractivity contribution in [2.45, 2.75) is 56.3 Å². The van der Waals surface area contributed by atoms with Crippen LogP contribution in [-0.2, 0) is 46.4 Å². The minimum atomic E-state index is -1.73. The largest absolute Gasteiger partial charge is 0.497 e. The van der Waals surface area contributed by atoms with Gasteiger partial charge in [-0.3, -0.25) is 33.8 Å². The van der Waals surface area contributed by atoms with Crippen molar-refractivity contribution in [2.24, 2.45) is 16.5 Å². The highest BCUT2D eigenvalue weighted by atomic mass is 16.5. The molecule has 0 aliphatic rings. The number of aromatic amines is 2. The molecular weight excluding hydrogens is 760 g/mol. The summed E-state index contributed by atoms with van der Waals surface area (Å²) in [5.74, 6) is -7.09. The maximum absolute atomic E-state index is 13.3. The van der Waals surface area contributed by atoms with Crippen LogP contribution in [-0.4, -0.2) is 124 Å². The molecule has 2 aromatic carbocycles. The van der Waals surface area contributed by atoms with E-state index in [-0.39, 0.29) is 38.2 Å². The van der Waals surface area contributed by atoms with Crippen LogP contribution in [0, 0.1) is 0 Å². The van der Waals surface area contributed by atoms with Gasteiger partial charge in [0, 0.05) is 47.2 Å². The van der Waals surface area contributed by atoms with Crippen LogP contribution < -0.4 is 42.8 Å². The normalized spacial score (nSPS) is 13.0. The van der Waals surface area contributed by atoms with E-state index in [1.165, 1.54) is 7.11 Å². The molecule has 310 valence electrons. The fourth-order valence-corrected chi connectivity index (χ4v) is 6.00. The van der Waals surface area contributed by atoms with Gasteiger partial charge in [0.15, 0.2) is 5.96 Å². The predicted octanol–water partition coefficient (Wildman–Crippen LogP) is -1.90. The summed E-state index contributed by atoms with van der Waals surface area (Å²) in [6.45, 7) is -1.57. The third kappa shape index (κ3) is 12.4. The van der Waals surface area contributed by atoms with Gasteiger partial charge in [0.05, 0.1) is 33.1 Å². The van der Waals surface area contributed by atoms with Crippen molar-refractivity contribution in [2.75, 3.05) is 26.8 Å². The molecule has 0 radical (unpaired) electrons. The molecule has 2 aromatic heterocycles. The van der Waals surface area contributed by atoms with Crippen molar-refractivity contribution in [3.63, 3.8) is 0 Å². The lowest BCUT2D eigenvalue weighted by Crippen LogP contribution is -2.56. The molecule has 0 unspecified atom stereocenters. The van der Waals surface area contributed by atoms with E-state index in [2.05, 4.69) is 41.5 Å². The lowest BCUT2D eigenvalue weighted by Gasteiger charge is -2.23. The Labute approximate surface area is 330 Å². The van der Waals surface area contributed by atoms with Crippen LogP contribution in [0.2, 0.25) is 0 Å². The van der Waals surface area contributed by atoms with E-state index in [0.717, 1.165) is 16.4 Å². The number of ether oxygens (including phenoxy) is 1. The zero-order chi connectivity index (χ0) is 42.4. The number of nitrogens with two attached hydrogens (primary N) is 2. The van der Waals surface area contributed by atoms with E-state index in [0.29, 0.717) is 22.3 Å². The Hall–Kier alpha value is -7.16. The average Bonchev–Trinajstić information content (AvgIpc) is 3.79. The molecule has 21 nitrogen and oxygen atoms in total. The molecule has 14 N–H and O–H groups in total. The first-order chi connectivity index (χ1) is 27.7. The van der Waals surface area contributed by atoms with Crippen LogP contribution >= 0.6 is 0 Å². The molecule has 4 rings (SSSR count). The number of aliphatic imine (C=N–C) groups is 1. The van der Waals surface area contributed by atoms with Crippen molar-refractivity contribution >= 4 is 69.2 Å². The van der Waals surface area contributed by atoms with Gasteiger partial charge < -0.3 is 68.1 Å². The van der Waals surface area contributed by atoms with Gasteiger partial charge in [-0.05, 0) is 48.2 Å². The summed E-state index contributed by atoms with van der Waals surface area (Å²) in [4.78, 5) is 99.2. The second-order valence-electron chi connectivity index (χ2n) is 13.1. The number of methoxy groups -OCH3 is 1. The minimum absolute atomic E-state index is 0.0572. The zero-order valence-electron chi connectivity index (χ0n) is 31.4. The Kier molecular flexibility index (Phi) is 15.5. The molecule has 21 heteroatoms. The number of nitrogens with zero attached hydrogens (tertiary/aromatic N) is 1. The SMILES string of the molecule is COc1ccc2[nH]cc(CC(=O)N[C@@H](CO)C(=O)N[C@@H](CCCN=C(N)N)C(=O)NCC(=O)N[C@@H](CC(=O)O)C(=O)N[C@@H](Cc3c[nH]c4ccccc34)C(=O)O)c2c1. The smallest absolute Gasteiger partial charge is 0.326 e. The summed E-state index contributed by atoms with van der Waals surface area (Å²) < 4.78 is 5.25. The number of aliphatic carboxylic acids is 2. The van der Waals surface area contributed by atoms with Gasteiger partial charge in [0.2, 0.25) is 29.5 Å². The Morgan fingerprint density at radius 3 is 2.10 bits per heavy atom. The first-order valence-corrected chi connectivity index (χ1v) is 18.0. The number of benzene rings is 2. The Bertz CT molecular complexity index is 2160. The van der Waals surface area contributed by atoms with E-state index in [9.17, 15) is 48.9 Å².